The van der Waals surface area contributed by atoms with E-state index in [1.165, 1.54) is 0 Å². The molecular formula is C15H25N3O2S. The second-order valence-corrected chi connectivity index (χ2v) is 6.44. The minimum Gasteiger partial charge on any atom is -0.386 e. The van der Waals surface area contributed by atoms with E-state index in [-0.39, 0.29) is 5.91 Å². The third kappa shape index (κ3) is 5.39. The van der Waals surface area contributed by atoms with Crippen LogP contribution >= 0.6 is 11.3 Å². The van der Waals surface area contributed by atoms with E-state index in [1.54, 1.807) is 11.3 Å². The van der Waals surface area contributed by atoms with E-state index in [2.05, 4.69) is 22.0 Å². The Morgan fingerprint density at radius 1 is 1.38 bits per heavy atom. The maximum atomic E-state index is 11.7. The minimum atomic E-state index is -0.399. The van der Waals surface area contributed by atoms with E-state index in [0.717, 1.165) is 44.0 Å². The van der Waals surface area contributed by atoms with Crippen LogP contribution < -0.4 is 5.32 Å². The van der Waals surface area contributed by atoms with Crippen LogP contribution in [0.25, 0.3) is 0 Å². The summed E-state index contributed by atoms with van der Waals surface area (Å²) in [6.45, 7) is 7.56. The lowest BCUT2D eigenvalue weighted by molar-refractivity contribution is -0.122. The third-order valence-electron chi connectivity index (χ3n) is 3.71. The average Bonchev–Trinajstić information content (AvgIpc) is 3.01. The molecule has 0 aliphatic carbocycles. The highest BCUT2D eigenvalue weighted by Gasteiger charge is 2.21. The van der Waals surface area contributed by atoms with Gasteiger partial charge >= 0.3 is 0 Å². The lowest BCUT2D eigenvalue weighted by Crippen LogP contribution is -2.50. The first kappa shape index (κ1) is 16.4. The van der Waals surface area contributed by atoms with Crippen LogP contribution in [0.15, 0.2) is 17.5 Å². The van der Waals surface area contributed by atoms with E-state index in [1.807, 2.05) is 17.5 Å². The fourth-order valence-corrected chi connectivity index (χ4v) is 3.17. The van der Waals surface area contributed by atoms with Crippen LogP contribution in [-0.4, -0.2) is 66.6 Å². The van der Waals surface area contributed by atoms with E-state index in [4.69, 9.17) is 0 Å². The van der Waals surface area contributed by atoms with Gasteiger partial charge < -0.3 is 10.4 Å². The summed E-state index contributed by atoms with van der Waals surface area (Å²) in [7, 11) is 0. The number of thiophene rings is 1. The first-order valence-electron chi connectivity index (χ1n) is 7.62. The average molecular weight is 311 g/mol. The molecule has 1 fully saturated rings. The van der Waals surface area contributed by atoms with Gasteiger partial charge in [-0.3, -0.25) is 14.6 Å². The zero-order valence-electron chi connectivity index (χ0n) is 12.6. The molecule has 1 aromatic rings. The van der Waals surface area contributed by atoms with Gasteiger partial charge in [-0.25, -0.2) is 0 Å². The second-order valence-electron chi connectivity index (χ2n) is 5.46. The molecule has 2 rings (SSSR count). The number of aliphatic hydroxyl groups is 1. The molecule has 1 saturated heterocycles. The van der Waals surface area contributed by atoms with Gasteiger partial charge in [-0.1, -0.05) is 13.0 Å². The van der Waals surface area contributed by atoms with Crippen molar-refractivity contribution in [2.24, 2.45) is 0 Å². The maximum absolute atomic E-state index is 11.7. The van der Waals surface area contributed by atoms with Crippen molar-refractivity contribution in [3.8, 4) is 0 Å². The molecule has 0 saturated carbocycles. The van der Waals surface area contributed by atoms with Gasteiger partial charge in [0, 0.05) is 44.1 Å². The summed E-state index contributed by atoms with van der Waals surface area (Å²) in [4.78, 5) is 17.2. The molecule has 0 spiro atoms. The quantitative estimate of drug-likeness (QED) is 0.786. The number of hydrogen-bond acceptors (Lipinski definition) is 5. The van der Waals surface area contributed by atoms with Gasteiger partial charge in [0.2, 0.25) is 5.91 Å². The van der Waals surface area contributed by atoms with Gasteiger partial charge in [-0.15, -0.1) is 11.3 Å². The number of hydrogen-bond donors (Lipinski definition) is 2. The highest BCUT2D eigenvalue weighted by atomic mass is 32.1. The molecule has 0 aromatic carbocycles. The SMILES string of the molecule is CCCNC(=O)CN1CCN(C[C@@H](O)c2cccs2)CC1. The summed E-state index contributed by atoms with van der Waals surface area (Å²) < 4.78 is 0. The minimum absolute atomic E-state index is 0.115. The fourth-order valence-electron chi connectivity index (χ4n) is 2.47. The van der Waals surface area contributed by atoms with Crippen LogP contribution in [0, 0.1) is 0 Å². The van der Waals surface area contributed by atoms with Crippen molar-refractivity contribution in [3.63, 3.8) is 0 Å². The Hall–Kier alpha value is -0.950. The molecule has 0 bridgehead atoms. The number of aliphatic hydroxyl groups excluding tert-OH is 1. The van der Waals surface area contributed by atoms with E-state index in [9.17, 15) is 9.90 Å². The number of carbonyl (C=O) groups is 1. The van der Waals surface area contributed by atoms with E-state index in [0.29, 0.717) is 13.1 Å². The normalized spacial score (nSPS) is 18.6. The number of amides is 1. The molecule has 1 aromatic heterocycles. The Labute approximate surface area is 130 Å². The number of nitrogens with one attached hydrogen (secondary N) is 1. The van der Waals surface area contributed by atoms with Crippen LogP contribution in [0.3, 0.4) is 0 Å². The van der Waals surface area contributed by atoms with Crippen LogP contribution in [0.2, 0.25) is 0 Å². The van der Waals surface area contributed by atoms with Crippen LogP contribution in [0.5, 0.6) is 0 Å². The molecule has 1 aliphatic heterocycles. The summed E-state index contributed by atoms with van der Waals surface area (Å²) in [6.07, 6.45) is 0.574. The number of β-amino-alcohol motifs (C(OH)–C–C–N with tert-alkyl or cyclic N) is 1. The first-order chi connectivity index (χ1) is 10.2. The van der Waals surface area contributed by atoms with Gasteiger partial charge in [0.25, 0.3) is 0 Å². The summed E-state index contributed by atoms with van der Waals surface area (Å²) in [6, 6.07) is 3.94. The maximum Gasteiger partial charge on any atom is 0.234 e. The Kier molecular flexibility index (Phi) is 6.63. The smallest absolute Gasteiger partial charge is 0.234 e. The standard InChI is InChI=1S/C15H25N3O2S/c1-2-5-16-15(20)12-18-8-6-17(7-9-18)11-13(19)14-4-3-10-21-14/h3-4,10,13,19H,2,5-9,11-12H2,1H3,(H,16,20)/t13-/m1/s1. The van der Waals surface area contributed by atoms with Crippen molar-refractivity contribution in [1.29, 1.82) is 0 Å². The highest BCUT2D eigenvalue weighted by molar-refractivity contribution is 7.10. The Morgan fingerprint density at radius 3 is 2.71 bits per heavy atom. The van der Waals surface area contributed by atoms with Gasteiger partial charge in [-0.05, 0) is 17.9 Å². The third-order valence-corrected chi connectivity index (χ3v) is 4.68. The van der Waals surface area contributed by atoms with Crippen molar-refractivity contribution in [2.75, 3.05) is 45.8 Å². The Balaban J connectivity index is 1.67. The zero-order chi connectivity index (χ0) is 15.1. The molecule has 1 atom stereocenters. The van der Waals surface area contributed by atoms with Crippen molar-refractivity contribution in [3.05, 3.63) is 22.4 Å². The lowest BCUT2D eigenvalue weighted by Gasteiger charge is -2.35. The van der Waals surface area contributed by atoms with Crippen LogP contribution in [-0.2, 0) is 4.79 Å². The lowest BCUT2D eigenvalue weighted by atomic mass is 10.2. The molecule has 2 heterocycles. The molecule has 1 amide bonds. The summed E-state index contributed by atoms with van der Waals surface area (Å²) in [5.41, 5.74) is 0. The zero-order valence-corrected chi connectivity index (χ0v) is 13.4. The van der Waals surface area contributed by atoms with Crippen molar-refractivity contribution < 1.29 is 9.90 Å². The molecule has 0 radical (unpaired) electrons. The van der Waals surface area contributed by atoms with Crippen LogP contribution in [0.1, 0.15) is 24.3 Å². The summed E-state index contributed by atoms with van der Waals surface area (Å²) in [5.74, 6) is 0.115. The van der Waals surface area contributed by atoms with Gasteiger partial charge in [0.15, 0.2) is 0 Å². The summed E-state index contributed by atoms with van der Waals surface area (Å²) in [5, 5.41) is 15.1. The van der Waals surface area contributed by atoms with Crippen molar-refractivity contribution >= 4 is 17.2 Å². The molecule has 21 heavy (non-hydrogen) atoms. The second kappa shape index (κ2) is 8.48. The van der Waals surface area contributed by atoms with Crippen molar-refractivity contribution in [2.45, 2.75) is 19.4 Å². The molecule has 2 N–H and O–H groups in total. The van der Waals surface area contributed by atoms with Gasteiger partial charge in [0.1, 0.15) is 6.10 Å². The molecule has 0 unspecified atom stereocenters. The van der Waals surface area contributed by atoms with Gasteiger partial charge in [0.05, 0.1) is 6.54 Å². The fraction of sp³-hybridized carbons (Fsp3) is 0.667. The van der Waals surface area contributed by atoms with E-state index < -0.39 is 6.10 Å². The van der Waals surface area contributed by atoms with E-state index >= 15 is 0 Å². The summed E-state index contributed by atoms with van der Waals surface area (Å²) >= 11 is 1.60. The number of piperazine rings is 1. The molecule has 118 valence electrons. The number of rotatable bonds is 7. The Bertz CT molecular complexity index is 417. The monoisotopic (exact) mass is 311 g/mol. The molecule has 5 nitrogen and oxygen atoms in total. The topological polar surface area (TPSA) is 55.8 Å². The van der Waals surface area contributed by atoms with Crippen LogP contribution in [0.4, 0.5) is 0 Å². The predicted molar refractivity (Wildman–Crippen MR) is 85.5 cm³/mol. The number of nitrogens with zero attached hydrogens (tertiary/aromatic N) is 2. The molecule has 6 heteroatoms. The largest absolute Gasteiger partial charge is 0.386 e. The highest BCUT2D eigenvalue weighted by Crippen LogP contribution is 2.20. The Morgan fingerprint density at radius 2 is 2.10 bits per heavy atom. The molecule has 1 aliphatic rings. The van der Waals surface area contributed by atoms with Crippen molar-refractivity contribution in [1.82, 2.24) is 15.1 Å². The molecular weight excluding hydrogens is 286 g/mol. The first-order valence-corrected chi connectivity index (χ1v) is 8.50. The predicted octanol–water partition coefficient (Wildman–Crippen LogP) is 0.925. The van der Waals surface area contributed by atoms with Gasteiger partial charge in [-0.2, -0.15) is 0 Å². The number of carbonyl (C=O) groups excluding carboxylic acids is 1.